The molecule has 0 fully saturated rings. The summed E-state index contributed by atoms with van der Waals surface area (Å²) in [5, 5.41) is 12.3. The molecule has 32 heavy (non-hydrogen) atoms. The number of carbonyl (C=O) groups is 1. The van der Waals surface area contributed by atoms with Crippen LogP contribution in [-0.2, 0) is 28.3 Å². The number of cyclic esters (lactones) is 1. The average Bonchev–Trinajstić information content (AvgIpc) is 3.18. The molecule has 1 atom stereocenters. The summed E-state index contributed by atoms with van der Waals surface area (Å²) in [6.45, 7) is 2.70. The highest BCUT2D eigenvalue weighted by atomic mass is 16.6. The maximum atomic E-state index is 13.5. The zero-order valence-electron chi connectivity index (χ0n) is 17.9. The van der Waals surface area contributed by atoms with Gasteiger partial charge in [-0.05, 0) is 37.9 Å². The Morgan fingerprint density at radius 2 is 2.09 bits per heavy atom. The SMILES string of the molecule is CC[C@@]1(O)C(=O)OCc2c1c(OCCCCN)c1n(c2=O)Cc2cc3ccccc3nc2-1. The maximum Gasteiger partial charge on any atom is 0.343 e. The summed E-state index contributed by atoms with van der Waals surface area (Å²) < 4.78 is 13.0. The van der Waals surface area contributed by atoms with Gasteiger partial charge < -0.3 is 20.3 Å². The molecule has 0 spiro atoms. The highest BCUT2D eigenvalue weighted by molar-refractivity contribution is 5.89. The van der Waals surface area contributed by atoms with E-state index in [1.807, 2.05) is 30.3 Å². The van der Waals surface area contributed by atoms with E-state index >= 15 is 0 Å². The van der Waals surface area contributed by atoms with Crippen LogP contribution in [0.5, 0.6) is 5.75 Å². The van der Waals surface area contributed by atoms with Gasteiger partial charge in [0, 0.05) is 10.9 Å². The number of para-hydroxylation sites is 1. The van der Waals surface area contributed by atoms with Gasteiger partial charge in [-0.1, -0.05) is 25.1 Å². The number of nitrogens with zero attached hydrogens (tertiary/aromatic N) is 2. The molecule has 5 rings (SSSR count). The molecular formula is C24H25N3O5. The minimum absolute atomic E-state index is 0.0545. The average molecular weight is 435 g/mol. The number of hydrogen-bond acceptors (Lipinski definition) is 7. The molecular weight excluding hydrogens is 410 g/mol. The van der Waals surface area contributed by atoms with E-state index in [-0.39, 0.29) is 29.7 Å². The summed E-state index contributed by atoms with van der Waals surface area (Å²) in [5.41, 5.74) is 6.65. The second-order valence-electron chi connectivity index (χ2n) is 8.25. The summed E-state index contributed by atoms with van der Waals surface area (Å²) in [4.78, 5) is 30.9. The molecule has 2 aliphatic rings. The van der Waals surface area contributed by atoms with Crippen molar-refractivity contribution in [3.8, 4) is 17.1 Å². The number of benzene rings is 1. The van der Waals surface area contributed by atoms with Crippen LogP contribution < -0.4 is 16.0 Å². The Kier molecular flexibility index (Phi) is 4.98. The number of aromatic nitrogens is 2. The monoisotopic (exact) mass is 435 g/mol. The number of hydrogen-bond donors (Lipinski definition) is 2. The van der Waals surface area contributed by atoms with E-state index in [0.717, 1.165) is 22.9 Å². The molecule has 2 aromatic heterocycles. The first kappa shape index (κ1) is 20.7. The summed E-state index contributed by atoms with van der Waals surface area (Å²) in [6.07, 6.45) is 1.53. The van der Waals surface area contributed by atoms with Gasteiger partial charge in [0.25, 0.3) is 5.56 Å². The lowest BCUT2D eigenvalue weighted by Crippen LogP contribution is -2.45. The predicted molar refractivity (Wildman–Crippen MR) is 118 cm³/mol. The largest absolute Gasteiger partial charge is 0.491 e. The van der Waals surface area contributed by atoms with Gasteiger partial charge in [0.1, 0.15) is 12.3 Å². The van der Waals surface area contributed by atoms with Crippen LogP contribution in [0.15, 0.2) is 35.1 Å². The predicted octanol–water partition coefficient (Wildman–Crippen LogP) is 2.20. The van der Waals surface area contributed by atoms with E-state index < -0.39 is 11.6 Å². The van der Waals surface area contributed by atoms with Crippen LogP contribution in [0, 0.1) is 0 Å². The Balaban J connectivity index is 1.79. The third kappa shape index (κ3) is 2.94. The molecule has 1 aromatic carbocycles. The third-order valence-electron chi connectivity index (χ3n) is 6.33. The highest BCUT2D eigenvalue weighted by Crippen LogP contribution is 2.46. The zero-order valence-corrected chi connectivity index (χ0v) is 17.9. The number of rotatable bonds is 6. The van der Waals surface area contributed by atoms with Gasteiger partial charge in [0.15, 0.2) is 11.4 Å². The van der Waals surface area contributed by atoms with Crippen LogP contribution in [0.25, 0.3) is 22.3 Å². The van der Waals surface area contributed by atoms with Crippen molar-refractivity contribution in [2.45, 2.75) is 44.9 Å². The molecule has 0 saturated heterocycles. The van der Waals surface area contributed by atoms with E-state index in [1.165, 1.54) is 0 Å². The molecule has 0 radical (unpaired) electrons. The van der Waals surface area contributed by atoms with Gasteiger partial charge in [0.2, 0.25) is 0 Å². The van der Waals surface area contributed by atoms with Crippen molar-refractivity contribution < 1.29 is 19.4 Å². The second-order valence-corrected chi connectivity index (χ2v) is 8.25. The van der Waals surface area contributed by atoms with E-state index in [9.17, 15) is 14.7 Å². The highest BCUT2D eigenvalue weighted by Gasteiger charge is 2.48. The number of ether oxygens (including phenoxy) is 2. The van der Waals surface area contributed by atoms with Gasteiger partial charge in [-0.25, -0.2) is 9.78 Å². The maximum absolute atomic E-state index is 13.5. The number of fused-ring (bicyclic) bond motifs is 5. The van der Waals surface area contributed by atoms with Crippen molar-refractivity contribution in [3.63, 3.8) is 0 Å². The minimum atomic E-state index is -1.95. The Morgan fingerprint density at radius 3 is 2.88 bits per heavy atom. The topological polar surface area (TPSA) is 117 Å². The van der Waals surface area contributed by atoms with Crippen molar-refractivity contribution in [3.05, 3.63) is 57.4 Å². The summed E-state index contributed by atoms with van der Waals surface area (Å²) >= 11 is 0. The molecule has 8 heteroatoms. The number of esters is 1. The molecule has 0 unspecified atom stereocenters. The van der Waals surface area contributed by atoms with Gasteiger partial charge >= 0.3 is 5.97 Å². The fraction of sp³-hybridized carbons (Fsp3) is 0.375. The molecule has 8 nitrogen and oxygen atoms in total. The molecule has 3 N–H and O–H groups in total. The quantitative estimate of drug-likeness (QED) is 0.352. The Hall–Kier alpha value is -3.23. The van der Waals surface area contributed by atoms with Crippen LogP contribution >= 0.6 is 0 Å². The summed E-state index contributed by atoms with van der Waals surface area (Å²) in [6, 6.07) is 9.77. The molecule has 2 aliphatic heterocycles. The lowest BCUT2D eigenvalue weighted by molar-refractivity contribution is -0.172. The Morgan fingerprint density at radius 1 is 1.28 bits per heavy atom. The Bertz CT molecular complexity index is 1300. The second kappa shape index (κ2) is 7.72. The van der Waals surface area contributed by atoms with Crippen molar-refractivity contribution in [1.29, 1.82) is 0 Å². The van der Waals surface area contributed by atoms with Crippen molar-refractivity contribution in [1.82, 2.24) is 9.55 Å². The smallest absolute Gasteiger partial charge is 0.343 e. The number of aliphatic hydroxyl groups is 1. The lowest BCUT2D eigenvalue weighted by Gasteiger charge is -2.33. The molecule has 0 amide bonds. The third-order valence-corrected chi connectivity index (χ3v) is 6.33. The molecule has 3 aromatic rings. The van der Waals surface area contributed by atoms with Crippen molar-refractivity contribution in [2.75, 3.05) is 13.2 Å². The normalized spacial score (nSPS) is 18.8. The van der Waals surface area contributed by atoms with E-state index in [4.69, 9.17) is 20.2 Å². The molecule has 0 bridgehead atoms. The molecule has 4 heterocycles. The number of pyridine rings is 2. The van der Waals surface area contributed by atoms with Gasteiger partial charge in [-0.3, -0.25) is 9.36 Å². The van der Waals surface area contributed by atoms with Crippen LogP contribution in [0.4, 0.5) is 0 Å². The van der Waals surface area contributed by atoms with Crippen molar-refractivity contribution >= 4 is 16.9 Å². The van der Waals surface area contributed by atoms with Crippen LogP contribution in [-0.4, -0.2) is 33.8 Å². The molecule has 0 aliphatic carbocycles. The van der Waals surface area contributed by atoms with Gasteiger partial charge in [-0.2, -0.15) is 0 Å². The fourth-order valence-corrected chi connectivity index (χ4v) is 4.60. The number of carbonyl (C=O) groups excluding carboxylic acids is 1. The number of nitrogens with two attached hydrogens (primary N) is 1. The van der Waals surface area contributed by atoms with E-state index in [1.54, 1.807) is 11.5 Å². The first-order chi connectivity index (χ1) is 15.5. The first-order valence-corrected chi connectivity index (χ1v) is 10.9. The van der Waals surface area contributed by atoms with Crippen LogP contribution in [0.1, 0.15) is 42.9 Å². The fourth-order valence-electron chi connectivity index (χ4n) is 4.60. The molecule has 0 saturated carbocycles. The lowest BCUT2D eigenvalue weighted by atomic mass is 9.85. The number of unbranched alkanes of at least 4 members (excludes halogenated alkanes) is 1. The minimum Gasteiger partial charge on any atom is -0.491 e. The Labute approximate surface area is 184 Å². The summed E-state index contributed by atoms with van der Waals surface area (Å²) in [7, 11) is 0. The van der Waals surface area contributed by atoms with Crippen molar-refractivity contribution in [2.24, 2.45) is 5.73 Å². The van der Waals surface area contributed by atoms with Crippen LogP contribution in [0.2, 0.25) is 0 Å². The van der Waals surface area contributed by atoms with E-state index in [2.05, 4.69) is 0 Å². The van der Waals surface area contributed by atoms with Gasteiger partial charge in [-0.15, -0.1) is 0 Å². The van der Waals surface area contributed by atoms with E-state index in [0.29, 0.717) is 43.3 Å². The van der Waals surface area contributed by atoms with Crippen LogP contribution in [0.3, 0.4) is 0 Å². The standard InChI is InChI=1S/C24H25N3O5/c1-2-24(30)18-16(13-32-23(24)29)22(28)27-12-15-11-14-7-3-4-8-17(14)26-19(15)20(27)21(18)31-10-6-5-9-25/h3-4,7-8,11,30H,2,5-6,9-10,12-13,25H2,1H3/t24-/m0/s1. The summed E-state index contributed by atoms with van der Waals surface area (Å²) in [5.74, 6) is -0.437. The first-order valence-electron chi connectivity index (χ1n) is 10.9. The van der Waals surface area contributed by atoms with Gasteiger partial charge in [0.05, 0.1) is 35.5 Å². The zero-order chi connectivity index (χ0) is 22.5. The molecule has 166 valence electrons.